The van der Waals surface area contributed by atoms with Gasteiger partial charge in [-0.25, -0.2) is 0 Å². The van der Waals surface area contributed by atoms with Crippen molar-refractivity contribution in [3.63, 3.8) is 0 Å². The molecule has 6 atom stereocenters. The molecule has 0 aliphatic heterocycles. The van der Waals surface area contributed by atoms with Gasteiger partial charge in [-0.05, 0) is 48.7 Å². The van der Waals surface area contributed by atoms with Crippen molar-refractivity contribution in [3.05, 3.63) is 37.0 Å². The van der Waals surface area contributed by atoms with Crippen LogP contribution in [0, 0.1) is 28.1 Å². The summed E-state index contributed by atoms with van der Waals surface area (Å²) < 4.78 is 0. The van der Waals surface area contributed by atoms with Gasteiger partial charge in [0.1, 0.15) is 0 Å². The number of carbonyl (C=O) groups excluding carboxylic acids is 1. The van der Waals surface area contributed by atoms with Gasteiger partial charge in [-0.1, -0.05) is 39.5 Å². The smallest absolute Gasteiger partial charge is 0.160 e. The summed E-state index contributed by atoms with van der Waals surface area (Å²) in [6.45, 7) is 14.7. The highest BCUT2D eigenvalue weighted by Gasteiger charge is 2.63. The molecule has 0 unspecified atom stereocenters. The fraction of sp³-hybridized carbons (Fsp3) is 0.650. The van der Waals surface area contributed by atoms with Crippen molar-refractivity contribution in [2.24, 2.45) is 28.1 Å². The second-order valence-corrected chi connectivity index (χ2v) is 8.50. The van der Waals surface area contributed by atoms with E-state index in [0.29, 0.717) is 12.3 Å². The van der Waals surface area contributed by atoms with Crippen LogP contribution < -0.4 is 0 Å². The topological polar surface area (TPSA) is 37.3 Å². The Morgan fingerprint density at radius 3 is 2.59 bits per heavy atom. The number of ketones is 1. The van der Waals surface area contributed by atoms with E-state index in [1.54, 1.807) is 6.08 Å². The van der Waals surface area contributed by atoms with Gasteiger partial charge in [-0.3, -0.25) is 4.79 Å². The SMILES string of the molecule is C=C[C@@]1(C)C[C@H]2CC[C@]3(C)C(=C)C=CC(=O)[C@H]3[C@]2(C)[C@@H](O)C1. The summed E-state index contributed by atoms with van der Waals surface area (Å²) in [5.41, 5.74) is 0.448. The molecule has 3 aliphatic rings. The summed E-state index contributed by atoms with van der Waals surface area (Å²) >= 11 is 0. The van der Waals surface area contributed by atoms with Gasteiger partial charge in [0.25, 0.3) is 0 Å². The van der Waals surface area contributed by atoms with Crippen LogP contribution in [0.4, 0.5) is 0 Å². The molecule has 0 spiro atoms. The Bertz CT molecular complexity index is 574. The van der Waals surface area contributed by atoms with Crippen molar-refractivity contribution in [1.82, 2.24) is 0 Å². The standard InChI is InChI=1S/C20H28O2/c1-6-18(3)11-14-9-10-19(4)13(2)7-8-15(21)17(19)20(14,5)16(22)12-18/h6-8,14,16-17,22H,1-2,9-12H2,3-5H3/t14-,16+,17-,18+,19-,20+/m1/s1. The first-order valence-electron chi connectivity index (χ1n) is 8.40. The average molecular weight is 300 g/mol. The molecule has 3 aliphatic carbocycles. The van der Waals surface area contributed by atoms with Crippen LogP contribution in [0.15, 0.2) is 37.0 Å². The second-order valence-electron chi connectivity index (χ2n) is 8.50. The summed E-state index contributed by atoms with van der Waals surface area (Å²) in [7, 11) is 0. The number of hydrogen-bond donors (Lipinski definition) is 1. The molecule has 2 nitrogen and oxygen atoms in total. The first-order chi connectivity index (χ1) is 10.2. The van der Waals surface area contributed by atoms with Gasteiger partial charge in [-0.15, -0.1) is 6.58 Å². The molecule has 0 saturated heterocycles. The van der Waals surface area contributed by atoms with E-state index in [9.17, 15) is 9.90 Å². The van der Waals surface area contributed by atoms with Crippen molar-refractivity contribution in [1.29, 1.82) is 0 Å². The monoisotopic (exact) mass is 300 g/mol. The summed E-state index contributed by atoms with van der Waals surface area (Å²) in [6.07, 6.45) is 8.81. The van der Waals surface area contributed by atoms with Gasteiger partial charge >= 0.3 is 0 Å². The van der Waals surface area contributed by atoms with E-state index in [2.05, 4.69) is 33.9 Å². The van der Waals surface area contributed by atoms with E-state index in [0.717, 1.165) is 24.8 Å². The van der Waals surface area contributed by atoms with Crippen molar-refractivity contribution < 1.29 is 9.90 Å². The summed E-state index contributed by atoms with van der Waals surface area (Å²) in [5, 5.41) is 11.0. The minimum atomic E-state index is -0.470. The van der Waals surface area contributed by atoms with Gasteiger partial charge < -0.3 is 5.11 Å². The Morgan fingerprint density at radius 2 is 1.95 bits per heavy atom. The number of hydrogen-bond acceptors (Lipinski definition) is 2. The molecule has 0 radical (unpaired) electrons. The molecule has 2 fully saturated rings. The Morgan fingerprint density at radius 1 is 1.27 bits per heavy atom. The highest BCUT2D eigenvalue weighted by Crippen LogP contribution is 2.65. The van der Waals surface area contributed by atoms with Crippen LogP contribution in [0.1, 0.15) is 46.5 Å². The molecule has 0 aromatic heterocycles. The number of aliphatic hydroxyl groups is 1. The average Bonchev–Trinajstić information content (AvgIpc) is 2.45. The van der Waals surface area contributed by atoms with Crippen molar-refractivity contribution in [2.45, 2.75) is 52.6 Å². The fourth-order valence-corrected chi connectivity index (χ4v) is 5.55. The van der Waals surface area contributed by atoms with Crippen molar-refractivity contribution >= 4 is 5.78 Å². The molecule has 0 aromatic rings. The molecule has 0 aromatic carbocycles. The number of aliphatic hydroxyl groups excluding tert-OH is 1. The number of allylic oxidation sites excluding steroid dienone is 4. The van der Waals surface area contributed by atoms with Gasteiger partial charge in [0.15, 0.2) is 5.78 Å². The van der Waals surface area contributed by atoms with Crippen LogP contribution in [0.5, 0.6) is 0 Å². The van der Waals surface area contributed by atoms with Crippen LogP contribution in [0.25, 0.3) is 0 Å². The van der Waals surface area contributed by atoms with Gasteiger partial charge in [-0.2, -0.15) is 0 Å². The van der Waals surface area contributed by atoms with E-state index in [4.69, 9.17) is 0 Å². The Kier molecular flexibility index (Phi) is 3.34. The molecule has 0 amide bonds. The first-order valence-corrected chi connectivity index (χ1v) is 8.40. The highest BCUT2D eigenvalue weighted by molar-refractivity contribution is 5.95. The van der Waals surface area contributed by atoms with E-state index < -0.39 is 6.10 Å². The lowest BCUT2D eigenvalue weighted by Gasteiger charge is -2.62. The number of carbonyl (C=O) groups is 1. The molecule has 22 heavy (non-hydrogen) atoms. The summed E-state index contributed by atoms with van der Waals surface area (Å²) in [6, 6.07) is 0. The minimum absolute atomic E-state index is 0.0259. The lowest BCUT2D eigenvalue weighted by Crippen LogP contribution is -2.61. The van der Waals surface area contributed by atoms with Crippen LogP contribution in [0.3, 0.4) is 0 Å². The zero-order chi connectivity index (χ0) is 16.3. The largest absolute Gasteiger partial charge is 0.392 e. The molecule has 3 rings (SSSR count). The number of fused-ring (bicyclic) bond motifs is 3. The maximum absolute atomic E-state index is 12.8. The molecule has 0 heterocycles. The molecule has 1 N–H and O–H groups in total. The fourth-order valence-electron chi connectivity index (χ4n) is 5.55. The highest BCUT2D eigenvalue weighted by atomic mass is 16.3. The van der Waals surface area contributed by atoms with E-state index >= 15 is 0 Å². The Balaban J connectivity index is 2.08. The maximum Gasteiger partial charge on any atom is 0.160 e. The molecular formula is C20H28O2. The van der Waals surface area contributed by atoms with E-state index in [-0.39, 0.29) is 27.9 Å². The van der Waals surface area contributed by atoms with Gasteiger partial charge in [0.05, 0.1) is 6.10 Å². The molecule has 2 heteroatoms. The summed E-state index contributed by atoms with van der Waals surface area (Å²) in [5.74, 6) is 0.379. The third kappa shape index (κ3) is 1.86. The second kappa shape index (κ2) is 4.67. The van der Waals surface area contributed by atoms with E-state index in [1.807, 2.05) is 12.2 Å². The molecule has 0 bridgehead atoms. The van der Waals surface area contributed by atoms with Crippen LogP contribution in [-0.4, -0.2) is 17.0 Å². The predicted molar refractivity (Wildman–Crippen MR) is 89.3 cm³/mol. The molecule has 2 saturated carbocycles. The maximum atomic E-state index is 12.8. The van der Waals surface area contributed by atoms with Gasteiger partial charge in [0.2, 0.25) is 0 Å². The third-order valence-corrected chi connectivity index (χ3v) is 7.20. The molecule has 120 valence electrons. The minimum Gasteiger partial charge on any atom is -0.392 e. The Hall–Kier alpha value is -1.15. The zero-order valence-electron chi connectivity index (χ0n) is 14.1. The lowest BCUT2D eigenvalue weighted by molar-refractivity contribution is -0.171. The predicted octanol–water partition coefficient (Wildman–Crippen LogP) is 4.07. The Labute approximate surface area is 134 Å². The first kappa shape index (κ1) is 15.7. The lowest BCUT2D eigenvalue weighted by atomic mass is 9.42. The third-order valence-electron chi connectivity index (χ3n) is 7.20. The quantitative estimate of drug-likeness (QED) is 0.741. The van der Waals surface area contributed by atoms with Crippen molar-refractivity contribution in [3.8, 4) is 0 Å². The van der Waals surface area contributed by atoms with E-state index in [1.165, 1.54) is 0 Å². The molecular weight excluding hydrogens is 272 g/mol. The summed E-state index contributed by atoms with van der Waals surface area (Å²) in [4.78, 5) is 12.8. The van der Waals surface area contributed by atoms with Gasteiger partial charge in [0, 0.05) is 16.7 Å². The van der Waals surface area contributed by atoms with Crippen LogP contribution >= 0.6 is 0 Å². The van der Waals surface area contributed by atoms with Crippen molar-refractivity contribution in [2.75, 3.05) is 0 Å². The number of rotatable bonds is 1. The van der Waals surface area contributed by atoms with Crippen LogP contribution in [0.2, 0.25) is 0 Å². The normalized spacial score (nSPS) is 51.2. The zero-order valence-corrected chi connectivity index (χ0v) is 14.1. The van der Waals surface area contributed by atoms with Crippen LogP contribution in [-0.2, 0) is 4.79 Å².